The van der Waals surface area contributed by atoms with E-state index in [1.807, 2.05) is 44.1 Å². The highest BCUT2D eigenvalue weighted by Gasteiger charge is 2.54. The first-order valence-corrected chi connectivity index (χ1v) is 25.6. The van der Waals surface area contributed by atoms with E-state index in [1.54, 1.807) is 54.7 Å². The number of carbonyl (C=O) groups excluding carboxylic acids is 3. The Morgan fingerprint density at radius 1 is 0.887 bits per heavy atom. The number of esters is 1. The number of methoxy groups -OCH3 is 2. The van der Waals surface area contributed by atoms with Gasteiger partial charge in [0.05, 0.1) is 47.6 Å². The summed E-state index contributed by atoms with van der Waals surface area (Å²) in [5.41, 5.74) is -1.09. The average molecular weight is 1000 g/mol. The van der Waals surface area contributed by atoms with Crippen LogP contribution in [0, 0.1) is 23.7 Å². The van der Waals surface area contributed by atoms with Gasteiger partial charge in [-0.25, -0.2) is 0 Å². The van der Waals surface area contributed by atoms with Gasteiger partial charge in [-0.2, -0.15) is 0 Å². The van der Waals surface area contributed by atoms with Crippen LogP contribution in [0.3, 0.4) is 0 Å². The molecule has 0 radical (unpaired) electrons. The van der Waals surface area contributed by atoms with E-state index in [0.29, 0.717) is 19.5 Å². The number of Topliss-reactive ketones (excluding diaryl/α,β-unsaturated/α-hetero) is 1. The van der Waals surface area contributed by atoms with Gasteiger partial charge in [0, 0.05) is 76.3 Å². The second-order valence-electron chi connectivity index (χ2n) is 21.3. The van der Waals surface area contributed by atoms with Crippen molar-refractivity contribution in [2.45, 2.75) is 198 Å². The molecule has 0 saturated carbocycles. The Kier molecular flexibility index (Phi) is 20.7. The van der Waals surface area contributed by atoms with E-state index < -0.39 is 114 Å². The lowest BCUT2D eigenvalue weighted by molar-refractivity contribution is -0.319. The fourth-order valence-electron chi connectivity index (χ4n) is 11.0. The predicted molar refractivity (Wildman–Crippen MR) is 266 cm³/mol. The first-order chi connectivity index (χ1) is 33.4. The van der Waals surface area contributed by atoms with Crippen molar-refractivity contribution >= 4 is 17.7 Å². The maximum Gasteiger partial charge on any atom is 0.311 e. The van der Waals surface area contributed by atoms with E-state index in [1.165, 1.54) is 26.7 Å². The first-order valence-electron chi connectivity index (χ1n) is 25.6. The minimum absolute atomic E-state index is 0.0550. The zero-order valence-electron chi connectivity index (χ0n) is 44.4. The number of benzene rings is 1. The van der Waals surface area contributed by atoms with Crippen molar-refractivity contribution < 1.29 is 68.0 Å². The SMILES string of the molecule is CC[C@H]1OC(=O)[C@H](C)[C@@H](O[C@H]2C[C@@](C)(OC)[C@@H](O)[C@H](C)O2)[C@H](C)[C@@H](O[C@H]2O[C@H](C)C[C@H](N(C)CCC(=O)NCCCc3ccc(-c4cccnc4)cc3)[C@H]2O)[C@](C)(OC)C[C@@H](C)C(=O)[C@H](C)[C@@H](O)[C@]1(C)O. The third-order valence-electron chi connectivity index (χ3n) is 15.8. The summed E-state index contributed by atoms with van der Waals surface area (Å²) in [5, 5.41) is 49.7. The summed E-state index contributed by atoms with van der Waals surface area (Å²) in [4.78, 5) is 47.9. The van der Waals surface area contributed by atoms with Gasteiger partial charge in [0.25, 0.3) is 0 Å². The van der Waals surface area contributed by atoms with E-state index in [-0.39, 0.29) is 37.4 Å². The third-order valence-corrected chi connectivity index (χ3v) is 15.8. The smallest absolute Gasteiger partial charge is 0.311 e. The Hall–Kier alpha value is -3.46. The minimum Gasteiger partial charge on any atom is -0.459 e. The third kappa shape index (κ3) is 14.0. The molecule has 17 nitrogen and oxygen atoms in total. The number of nitrogens with zero attached hydrogens (tertiary/aromatic N) is 2. The zero-order chi connectivity index (χ0) is 52.6. The Bertz CT molecular complexity index is 2010. The number of amides is 1. The van der Waals surface area contributed by atoms with E-state index in [9.17, 15) is 34.8 Å². The summed E-state index contributed by atoms with van der Waals surface area (Å²) in [7, 11) is 4.84. The quantitative estimate of drug-likeness (QED) is 0.110. The molecule has 3 fully saturated rings. The van der Waals surface area contributed by atoms with Crippen LogP contribution in [0.5, 0.6) is 0 Å². The molecular weight excluding hydrogens is 915 g/mol. The molecule has 1 amide bonds. The summed E-state index contributed by atoms with van der Waals surface area (Å²) in [6, 6.07) is 11.8. The molecule has 0 bridgehead atoms. The lowest BCUT2D eigenvalue weighted by Gasteiger charge is -2.50. The Balaban J connectivity index is 1.37. The van der Waals surface area contributed by atoms with E-state index in [0.717, 1.165) is 24.0 Å². The highest BCUT2D eigenvalue weighted by Crippen LogP contribution is 2.42. The second-order valence-corrected chi connectivity index (χ2v) is 21.3. The van der Waals surface area contributed by atoms with Gasteiger partial charge in [-0.3, -0.25) is 19.4 Å². The van der Waals surface area contributed by atoms with Crippen molar-refractivity contribution in [2.24, 2.45) is 23.7 Å². The zero-order valence-corrected chi connectivity index (χ0v) is 44.4. The number of pyridine rings is 1. The lowest BCUT2D eigenvalue weighted by Crippen LogP contribution is -2.61. The summed E-state index contributed by atoms with van der Waals surface area (Å²) < 4.78 is 44.6. The predicted octanol–water partition coefficient (Wildman–Crippen LogP) is 5.01. The molecule has 17 heteroatoms. The molecule has 0 spiro atoms. The largest absolute Gasteiger partial charge is 0.459 e. The number of nitrogens with one attached hydrogen (secondary N) is 1. The molecule has 0 unspecified atom stereocenters. The number of hydrogen-bond acceptors (Lipinski definition) is 16. The van der Waals surface area contributed by atoms with Gasteiger partial charge in [-0.05, 0) is 103 Å². The molecule has 0 aliphatic carbocycles. The molecule has 3 aliphatic heterocycles. The molecule has 3 aliphatic rings. The highest BCUT2D eigenvalue weighted by molar-refractivity contribution is 5.83. The van der Waals surface area contributed by atoms with Crippen LogP contribution in [-0.4, -0.2) is 167 Å². The van der Waals surface area contributed by atoms with Gasteiger partial charge < -0.3 is 63.8 Å². The molecule has 5 rings (SSSR count). The van der Waals surface area contributed by atoms with Crippen molar-refractivity contribution in [3.05, 3.63) is 54.4 Å². The molecule has 71 heavy (non-hydrogen) atoms. The maximum absolute atomic E-state index is 14.4. The molecule has 5 N–H and O–H groups in total. The van der Waals surface area contributed by atoms with Crippen LogP contribution in [0.25, 0.3) is 11.1 Å². The number of ketones is 1. The van der Waals surface area contributed by atoms with Gasteiger partial charge in [0.15, 0.2) is 12.6 Å². The summed E-state index contributed by atoms with van der Waals surface area (Å²) in [5.74, 6) is -4.89. The highest BCUT2D eigenvalue weighted by atomic mass is 16.7. The van der Waals surface area contributed by atoms with E-state index in [4.69, 9.17) is 33.2 Å². The van der Waals surface area contributed by atoms with Gasteiger partial charge >= 0.3 is 5.97 Å². The van der Waals surface area contributed by atoms with Crippen LogP contribution >= 0.6 is 0 Å². The fraction of sp³-hybridized carbons (Fsp3) is 0.741. The maximum atomic E-state index is 14.4. The standard InChI is InChI=1S/C54H85N3O14/c1-14-41-54(10,64)47(61)33(4)44(59)31(2)28-53(9,66-13)49(34(5)46(35(6)50(63)69-41)70-43-29-52(8,65-12)48(62)36(7)68-43)71-51-45(60)40(27-32(3)67-51)57(11)26-23-42(58)56-25-15-17-37-19-21-38(22-20-37)39-18-16-24-55-30-39/h16,18-22,24,30-36,40-41,43,45-49,51,60-62,64H,14-15,17,23,25-29H2,1-13H3,(H,56,58)/t31-,32-,33+,34+,35-,36+,40+,41-,43+,45-,46+,47-,48+,49-,51-,52-,53-,54-/m1/s1. The van der Waals surface area contributed by atoms with Crippen LogP contribution in [0.15, 0.2) is 48.8 Å². The van der Waals surface area contributed by atoms with Crippen molar-refractivity contribution in [3.8, 4) is 11.1 Å². The number of aromatic nitrogens is 1. The Labute approximate surface area is 421 Å². The molecule has 4 heterocycles. The van der Waals surface area contributed by atoms with E-state index >= 15 is 0 Å². The van der Waals surface area contributed by atoms with Gasteiger partial charge in [-0.1, -0.05) is 58.0 Å². The Morgan fingerprint density at radius 3 is 2.18 bits per heavy atom. The number of ether oxygens (including phenoxy) is 7. The monoisotopic (exact) mass is 1000 g/mol. The molecular formula is C54H85N3O14. The molecule has 3 saturated heterocycles. The van der Waals surface area contributed by atoms with Crippen molar-refractivity contribution in [1.29, 1.82) is 0 Å². The molecule has 400 valence electrons. The van der Waals surface area contributed by atoms with Crippen molar-refractivity contribution in [2.75, 3.05) is 34.4 Å². The van der Waals surface area contributed by atoms with Crippen LogP contribution in [0.2, 0.25) is 0 Å². The molecule has 2 aromatic rings. The number of carbonyl (C=O) groups is 3. The summed E-state index contributed by atoms with van der Waals surface area (Å²) in [6.07, 6.45) is -4.45. The van der Waals surface area contributed by atoms with Gasteiger partial charge in [0.2, 0.25) is 5.91 Å². The second kappa shape index (κ2) is 25.2. The number of aliphatic hydroxyl groups excluding tert-OH is 3. The van der Waals surface area contributed by atoms with Crippen LogP contribution in [0.4, 0.5) is 0 Å². The summed E-state index contributed by atoms with van der Waals surface area (Å²) in [6.45, 7) is 17.8. The number of aliphatic hydroxyl groups is 4. The van der Waals surface area contributed by atoms with Crippen LogP contribution in [-0.2, 0) is 54.0 Å². The first kappa shape index (κ1) is 58.4. The Morgan fingerprint density at radius 2 is 1.56 bits per heavy atom. The average Bonchev–Trinajstić information content (AvgIpc) is 3.35. The van der Waals surface area contributed by atoms with Crippen molar-refractivity contribution in [3.63, 3.8) is 0 Å². The number of cyclic esters (lactones) is 1. The van der Waals surface area contributed by atoms with Gasteiger partial charge in [0.1, 0.15) is 29.7 Å². The normalized spacial score (nSPS) is 38.9. The van der Waals surface area contributed by atoms with Crippen molar-refractivity contribution in [1.82, 2.24) is 15.2 Å². The minimum atomic E-state index is -2.01. The number of hydrogen-bond donors (Lipinski definition) is 5. The number of rotatable bonds is 16. The lowest BCUT2D eigenvalue weighted by atomic mass is 9.74. The summed E-state index contributed by atoms with van der Waals surface area (Å²) >= 11 is 0. The number of likely N-dealkylation sites (N-methyl/N-ethyl adjacent to an activating group) is 1. The molecule has 1 aromatic heterocycles. The topological polar surface area (TPSA) is 225 Å². The van der Waals surface area contributed by atoms with Gasteiger partial charge in [-0.15, -0.1) is 0 Å². The fourth-order valence-corrected chi connectivity index (χ4v) is 11.0. The van der Waals surface area contributed by atoms with E-state index in [2.05, 4.69) is 34.6 Å². The van der Waals surface area contributed by atoms with Crippen LogP contribution in [0.1, 0.15) is 113 Å². The van der Waals surface area contributed by atoms with Crippen LogP contribution < -0.4 is 5.32 Å². The number of aryl methyl sites for hydroxylation is 1. The molecule has 1 aromatic carbocycles. The molecule has 18 atom stereocenters.